The smallest absolute Gasteiger partial charge is 0.193 e. The summed E-state index contributed by atoms with van der Waals surface area (Å²) in [4.78, 5) is 6.49. The van der Waals surface area contributed by atoms with Crippen molar-refractivity contribution < 1.29 is 8.42 Å². The van der Waals surface area contributed by atoms with Crippen LogP contribution in [0.2, 0.25) is 0 Å². The van der Waals surface area contributed by atoms with Gasteiger partial charge in [0, 0.05) is 26.7 Å². The molecule has 0 unspecified atom stereocenters. The Kier molecular flexibility index (Phi) is 6.21. The van der Waals surface area contributed by atoms with Gasteiger partial charge in [-0.3, -0.25) is 4.99 Å². The molecule has 0 amide bonds. The number of guanidine groups is 1. The maximum atomic E-state index is 12.2. The average Bonchev–Trinajstić information content (AvgIpc) is 2.51. The van der Waals surface area contributed by atoms with E-state index in [2.05, 4.69) is 29.1 Å². The molecule has 5 nitrogen and oxygen atoms in total. The molecule has 0 aromatic heterocycles. The van der Waals surface area contributed by atoms with E-state index in [1.165, 1.54) is 25.7 Å². The Morgan fingerprint density at radius 2 is 1.88 bits per heavy atom. The Morgan fingerprint density at radius 1 is 1.25 bits per heavy atom. The maximum absolute atomic E-state index is 12.2. The quantitative estimate of drug-likeness (QED) is 0.623. The second-order valence-electron chi connectivity index (χ2n) is 8.45. The summed E-state index contributed by atoms with van der Waals surface area (Å²) in [6.45, 7) is 10.3. The average molecular weight is 358 g/mol. The molecule has 1 aliphatic heterocycles. The zero-order chi connectivity index (χ0) is 18.0. The molecule has 1 saturated carbocycles. The number of hydrogen-bond acceptors (Lipinski definition) is 3. The van der Waals surface area contributed by atoms with Gasteiger partial charge in [0.1, 0.15) is 0 Å². The summed E-state index contributed by atoms with van der Waals surface area (Å²) in [6, 6.07) is 0. The van der Waals surface area contributed by atoms with Crippen LogP contribution in [-0.4, -0.2) is 56.5 Å². The molecule has 1 N–H and O–H groups in total. The summed E-state index contributed by atoms with van der Waals surface area (Å²) in [7, 11) is -1.22. The first-order valence-electron chi connectivity index (χ1n) is 9.34. The Hall–Kier alpha value is -0.780. The lowest BCUT2D eigenvalue weighted by Crippen LogP contribution is -2.57. The van der Waals surface area contributed by atoms with Gasteiger partial charge >= 0.3 is 0 Å². The minimum Gasteiger partial charge on any atom is -0.356 e. The topological polar surface area (TPSA) is 61.8 Å². The summed E-state index contributed by atoms with van der Waals surface area (Å²) in [6.07, 6.45) is 5.23. The normalized spacial score (nSPS) is 30.4. The van der Waals surface area contributed by atoms with E-state index < -0.39 is 14.6 Å². The van der Waals surface area contributed by atoms with Crippen LogP contribution in [0.3, 0.4) is 0 Å². The third-order valence-corrected chi connectivity index (χ3v) is 8.47. The van der Waals surface area contributed by atoms with Gasteiger partial charge in [-0.25, -0.2) is 8.42 Å². The van der Waals surface area contributed by atoms with Crippen molar-refractivity contribution in [2.45, 2.75) is 58.1 Å². The fourth-order valence-electron chi connectivity index (χ4n) is 3.95. The molecule has 0 atom stereocenters. The maximum Gasteiger partial charge on any atom is 0.193 e. The number of hydrogen-bond donors (Lipinski definition) is 1. The molecular formula is C18H35N3O2S. The van der Waals surface area contributed by atoms with Crippen LogP contribution < -0.4 is 5.32 Å². The van der Waals surface area contributed by atoms with E-state index in [0.29, 0.717) is 19.0 Å². The Morgan fingerprint density at radius 3 is 2.38 bits per heavy atom. The molecule has 1 aliphatic carbocycles. The third kappa shape index (κ3) is 4.44. The largest absolute Gasteiger partial charge is 0.356 e. The highest BCUT2D eigenvalue weighted by molar-refractivity contribution is 7.92. The van der Waals surface area contributed by atoms with Gasteiger partial charge in [0.05, 0.1) is 10.5 Å². The SMILES string of the molecule is CN=C(NCC1CCC(C(C)C)CC1)N1CCS(=O)(=O)C(C)(C)C1. The van der Waals surface area contributed by atoms with Crippen LogP contribution in [-0.2, 0) is 9.84 Å². The molecule has 0 aromatic rings. The van der Waals surface area contributed by atoms with Gasteiger partial charge in [-0.2, -0.15) is 0 Å². The second-order valence-corrected chi connectivity index (χ2v) is 11.2. The van der Waals surface area contributed by atoms with Crippen LogP contribution in [0.4, 0.5) is 0 Å². The van der Waals surface area contributed by atoms with Gasteiger partial charge in [0.25, 0.3) is 0 Å². The van der Waals surface area contributed by atoms with Crippen molar-refractivity contribution in [3.63, 3.8) is 0 Å². The van der Waals surface area contributed by atoms with Crippen molar-refractivity contribution >= 4 is 15.8 Å². The van der Waals surface area contributed by atoms with Crippen LogP contribution in [0.1, 0.15) is 53.4 Å². The fourth-order valence-corrected chi connectivity index (χ4v) is 5.32. The van der Waals surface area contributed by atoms with Crippen molar-refractivity contribution in [2.24, 2.45) is 22.7 Å². The van der Waals surface area contributed by atoms with Gasteiger partial charge in [-0.05, 0) is 57.3 Å². The first-order valence-corrected chi connectivity index (χ1v) is 11.0. The Bertz CT molecular complexity index is 547. The van der Waals surface area contributed by atoms with Crippen LogP contribution in [0.25, 0.3) is 0 Å². The van der Waals surface area contributed by atoms with Gasteiger partial charge < -0.3 is 10.2 Å². The first-order chi connectivity index (χ1) is 11.2. The van der Waals surface area contributed by atoms with Gasteiger partial charge in [-0.1, -0.05) is 13.8 Å². The fraction of sp³-hybridized carbons (Fsp3) is 0.944. The molecule has 2 fully saturated rings. The molecule has 140 valence electrons. The van der Waals surface area contributed by atoms with Crippen molar-refractivity contribution in [3.8, 4) is 0 Å². The molecule has 24 heavy (non-hydrogen) atoms. The van der Waals surface area contributed by atoms with Crippen LogP contribution >= 0.6 is 0 Å². The van der Waals surface area contributed by atoms with E-state index in [1.807, 2.05) is 13.8 Å². The van der Waals surface area contributed by atoms with Crippen molar-refractivity contribution in [1.82, 2.24) is 10.2 Å². The van der Waals surface area contributed by atoms with E-state index in [4.69, 9.17) is 0 Å². The lowest BCUT2D eigenvalue weighted by molar-refractivity contribution is 0.223. The van der Waals surface area contributed by atoms with Crippen molar-refractivity contribution in [1.29, 1.82) is 0 Å². The number of nitrogens with zero attached hydrogens (tertiary/aromatic N) is 2. The molecule has 0 radical (unpaired) electrons. The zero-order valence-corrected chi connectivity index (χ0v) is 16.8. The third-order valence-electron chi connectivity index (χ3n) is 5.94. The number of nitrogens with one attached hydrogen (secondary N) is 1. The van der Waals surface area contributed by atoms with Crippen molar-refractivity contribution in [2.75, 3.05) is 32.4 Å². The lowest BCUT2D eigenvalue weighted by atomic mass is 9.77. The van der Waals surface area contributed by atoms with E-state index in [1.54, 1.807) is 7.05 Å². The van der Waals surface area contributed by atoms with E-state index in [9.17, 15) is 8.42 Å². The molecule has 0 bridgehead atoms. The van der Waals surface area contributed by atoms with Crippen LogP contribution in [0.5, 0.6) is 0 Å². The van der Waals surface area contributed by atoms with Crippen molar-refractivity contribution in [3.05, 3.63) is 0 Å². The number of sulfone groups is 1. The predicted octanol–water partition coefficient (Wildman–Crippen LogP) is 2.53. The van der Waals surface area contributed by atoms with E-state index in [0.717, 1.165) is 24.3 Å². The van der Waals surface area contributed by atoms with Crippen LogP contribution in [0, 0.1) is 17.8 Å². The summed E-state index contributed by atoms with van der Waals surface area (Å²) in [5.74, 6) is 3.44. The van der Waals surface area contributed by atoms with Crippen LogP contribution in [0.15, 0.2) is 4.99 Å². The van der Waals surface area contributed by atoms with E-state index in [-0.39, 0.29) is 5.75 Å². The van der Waals surface area contributed by atoms with Gasteiger partial charge in [0.15, 0.2) is 15.8 Å². The highest BCUT2D eigenvalue weighted by Gasteiger charge is 2.41. The molecule has 6 heteroatoms. The Balaban J connectivity index is 1.86. The summed E-state index contributed by atoms with van der Waals surface area (Å²) >= 11 is 0. The van der Waals surface area contributed by atoms with Gasteiger partial charge in [-0.15, -0.1) is 0 Å². The highest BCUT2D eigenvalue weighted by atomic mass is 32.2. The second kappa shape index (κ2) is 7.63. The van der Waals surface area contributed by atoms with Gasteiger partial charge in [0.2, 0.25) is 0 Å². The summed E-state index contributed by atoms with van der Waals surface area (Å²) in [5.41, 5.74) is 0. The number of aliphatic imine (C=N–C) groups is 1. The minimum absolute atomic E-state index is 0.209. The monoisotopic (exact) mass is 357 g/mol. The standard InChI is InChI=1S/C18H35N3O2S/c1-14(2)16-8-6-15(7-9-16)12-20-17(19-5)21-10-11-24(22,23)18(3,4)13-21/h14-16H,6-13H2,1-5H3,(H,19,20). The molecule has 1 saturated heterocycles. The molecule has 0 spiro atoms. The highest BCUT2D eigenvalue weighted by Crippen LogP contribution is 2.33. The molecule has 0 aromatic carbocycles. The predicted molar refractivity (Wildman–Crippen MR) is 101 cm³/mol. The Labute approximate surface area is 148 Å². The molecule has 2 aliphatic rings. The molecule has 1 heterocycles. The molecule has 2 rings (SSSR count). The number of rotatable bonds is 3. The summed E-state index contributed by atoms with van der Waals surface area (Å²) < 4.78 is 23.6. The first kappa shape index (κ1) is 19.5. The molecular weight excluding hydrogens is 322 g/mol. The van der Waals surface area contributed by atoms with E-state index >= 15 is 0 Å². The lowest BCUT2D eigenvalue weighted by Gasteiger charge is -2.39. The zero-order valence-electron chi connectivity index (χ0n) is 16.0. The summed E-state index contributed by atoms with van der Waals surface area (Å²) in [5, 5.41) is 3.50. The minimum atomic E-state index is -3.01.